The van der Waals surface area contributed by atoms with E-state index < -0.39 is 5.54 Å². The molecule has 1 aliphatic rings. The number of anilines is 1. The SMILES string of the molecule is CCC1CCC(Nc2cccc(Cl)c2)(C(N)=O)CC1. The Labute approximate surface area is 119 Å². The van der Waals surface area contributed by atoms with Crippen LogP contribution in [0.15, 0.2) is 24.3 Å². The first-order valence-corrected chi connectivity index (χ1v) is 7.27. The van der Waals surface area contributed by atoms with Gasteiger partial charge in [-0.05, 0) is 49.8 Å². The van der Waals surface area contributed by atoms with Crippen LogP contribution in [0.2, 0.25) is 5.02 Å². The van der Waals surface area contributed by atoms with Crippen molar-refractivity contribution in [3.05, 3.63) is 29.3 Å². The van der Waals surface area contributed by atoms with E-state index in [9.17, 15) is 4.79 Å². The van der Waals surface area contributed by atoms with E-state index in [2.05, 4.69) is 12.2 Å². The molecule has 3 N–H and O–H groups in total. The monoisotopic (exact) mass is 280 g/mol. The van der Waals surface area contributed by atoms with E-state index in [0.29, 0.717) is 10.9 Å². The Bertz CT molecular complexity index is 453. The largest absolute Gasteiger partial charge is 0.371 e. The Morgan fingerprint density at radius 1 is 1.47 bits per heavy atom. The van der Waals surface area contributed by atoms with E-state index in [4.69, 9.17) is 17.3 Å². The first-order chi connectivity index (χ1) is 9.05. The molecular formula is C15H21ClN2O. The highest BCUT2D eigenvalue weighted by molar-refractivity contribution is 6.30. The Morgan fingerprint density at radius 2 is 2.16 bits per heavy atom. The van der Waals surface area contributed by atoms with Crippen molar-refractivity contribution in [2.75, 3.05) is 5.32 Å². The van der Waals surface area contributed by atoms with Crippen LogP contribution in [-0.4, -0.2) is 11.4 Å². The minimum Gasteiger partial charge on any atom is -0.371 e. The Kier molecular flexibility index (Phi) is 4.35. The van der Waals surface area contributed by atoms with Crippen LogP contribution < -0.4 is 11.1 Å². The topological polar surface area (TPSA) is 55.1 Å². The average molecular weight is 281 g/mol. The number of hydrogen-bond donors (Lipinski definition) is 2. The normalized spacial score (nSPS) is 26.9. The lowest BCUT2D eigenvalue weighted by Gasteiger charge is -2.39. The van der Waals surface area contributed by atoms with Crippen LogP contribution in [0.1, 0.15) is 39.0 Å². The highest BCUT2D eigenvalue weighted by Gasteiger charge is 2.39. The van der Waals surface area contributed by atoms with Crippen molar-refractivity contribution in [3.8, 4) is 0 Å². The van der Waals surface area contributed by atoms with Crippen LogP contribution in [0.3, 0.4) is 0 Å². The molecule has 0 bridgehead atoms. The second-order valence-electron chi connectivity index (χ2n) is 5.43. The van der Waals surface area contributed by atoms with Crippen molar-refractivity contribution in [2.45, 2.75) is 44.6 Å². The molecular weight excluding hydrogens is 260 g/mol. The number of benzene rings is 1. The van der Waals surface area contributed by atoms with Crippen molar-refractivity contribution in [1.29, 1.82) is 0 Å². The van der Waals surface area contributed by atoms with Gasteiger partial charge in [-0.2, -0.15) is 0 Å². The number of amides is 1. The van der Waals surface area contributed by atoms with Gasteiger partial charge in [-0.15, -0.1) is 0 Å². The third kappa shape index (κ3) is 3.21. The van der Waals surface area contributed by atoms with Gasteiger partial charge in [0.05, 0.1) is 0 Å². The summed E-state index contributed by atoms with van der Waals surface area (Å²) < 4.78 is 0. The van der Waals surface area contributed by atoms with Crippen LogP contribution in [0.5, 0.6) is 0 Å². The fourth-order valence-electron chi connectivity index (χ4n) is 2.85. The summed E-state index contributed by atoms with van der Waals surface area (Å²) in [5.41, 5.74) is 5.89. The number of nitrogens with two attached hydrogens (primary N) is 1. The molecule has 0 atom stereocenters. The summed E-state index contributed by atoms with van der Waals surface area (Å²) >= 11 is 5.98. The lowest BCUT2D eigenvalue weighted by atomic mass is 9.75. The molecule has 104 valence electrons. The Morgan fingerprint density at radius 3 is 2.68 bits per heavy atom. The molecule has 3 nitrogen and oxygen atoms in total. The predicted octanol–water partition coefficient (Wildman–Crippen LogP) is 3.58. The molecule has 1 aliphatic carbocycles. The van der Waals surface area contributed by atoms with Crippen LogP contribution in [-0.2, 0) is 4.79 Å². The molecule has 0 saturated heterocycles. The zero-order valence-corrected chi connectivity index (χ0v) is 12.0. The molecule has 4 heteroatoms. The summed E-state index contributed by atoms with van der Waals surface area (Å²) in [5, 5.41) is 3.98. The van der Waals surface area contributed by atoms with Crippen LogP contribution in [0, 0.1) is 5.92 Å². The van der Waals surface area contributed by atoms with Crippen LogP contribution >= 0.6 is 11.6 Å². The van der Waals surface area contributed by atoms with E-state index in [-0.39, 0.29) is 5.91 Å². The third-order valence-corrected chi connectivity index (χ3v) is 4.45. The van der Waals surface area contributed by atoms with Gasteiger partial charge >= 0.3 is 0 Å². The number of nitrogens with one attached hydrogen (secondary N) is 1. The van der Waals surface area contributed by atoms with Gasteiger partial charge < -0.3 is 11.1 Å². The number of carbonyl (C=O) groups excluding carboxylic acids is 1. The van der Waals surface area contributed by atoms with Gasteiger partial charge in [0.15, 0.2) is 0 Å². The standard InChI is InChI=1S/C15H21ClN2O/c1-2-11-6-8-15(9-7-11,14(17)19)18-13-5-3-4-12(16)10-13/h3-5,10-11,18H,2,6-9H2,1H3,(H2,17,19). The van der Waals surface area contributed by atoms with Crippen LogP contribution in [0.4, 0.5) is 5.69 Å². The zero-order chi connectivity index (χ0) is 13.9. The van der Waals surface area contributed by atoms with E-state index in [1.807, 2.05) is 24.3 Å². The number of hydrogen-bond acceptors (Lipinski definition) is 2. The molecule has 1 amide bonds. The smallest absolute Gasteiger partial charge is 0.243 e. The van der Waals surface area contributed by atoms with E-state index in [0.717, 1.165) is 31.4 Å². The summed E-state index contributed by atoms with van der Waals surface area (Å²) in [6, 6.07) is 7.44. The van der Waals surface area contributed by atoms with Gasteiger partial charge in [0.1, 0.15) is 5.54 Å². The summed E-state index contributed by atoms with van der Waals surface area (Å²) in [4.78, 5) is 11.9. The second-order valence-corrected chi connectivity index (χ2v) is 5.87. The minimum atomic E-state index is -0.615. The maximum atomic E-state index is 11.9. The number of rotatable bonds is 4. The molecule has 0 aromatic heterocycles. The van der Waals surface area contributed by atoms with Crippen molar-refractivity contribution in [3.63, 3.8) is 0 Å². The van der Waals surface area contributed by atoms with E-state index in [1.54, 1.807) is 0 Å². The quantitative estimate of drug-likeness (QED) is 0.886. The molecule has 0 aliphatic heterocycles. The molecule has 1 saturated carbocycles. The summed E-state index contributed by atoms with van der Waals surface area (Å²) in [6.07, 6.45) is 4.87. The summed E-state index contributed by atoms with van der Waals surface area (Å²) in [6.45, 7) is 2.20. The fraction of sp³-hybridized carbons (Fsp3) is 0.533. The summed E-state index contributed by atoms with van der Waals surface area (Å²) in [5.74, 6) is 0.454. The van der Waals surface area contributed by atoms with Gasteiger partial charge in [0.25, 0.3) is 0 Å². The predicted molar refractivity (Wildman–Crippen MR) is 79.2 cm³/mol. The fourth-order valence-corrected chi connectivity index (χ4v) is 3.04. The molecule has 19 heavy (non-hydrogen) atoms. The van der Waals surface area contributed by atoms with E-state index in [1.165, 1.54) is 6.42 Å². The second kappa shape index (κ2) is 5.83. The summed E-state index contributed by atoms with van der Waals surface area (Å²) in [7, 11) is 0. The van der Waals surface area contributed by atoms with Gasteiger partial charge in [-0.1, -0.05) is 31.0 Å². The molecule has 1 fully saturated rings. The lowest BCUT2D eigenvalue weighted by molar-refractivity contribution is -0.123. The van der Waals surface area contributed by atoms with Crippen LogP contribution in [0.25, 0.3) is 0 Å². The number of carbonyl (C=O) groups is 1. The minimum absolute atomic E-state index is 0.262. The van der Waals surface area contributed by atoms with Gasteiger partial charge in [0, 0.05) is 10.7 Å². The number of primary amides is 1. The molecule has 0 heterocycles. The third-order valence-electron chi connectivity index (χ3n) is 4.22. The van der Waals surface area contributed by atoms with Crippen molar-refractivity contribution in [2.24, 2.45) is 11.7 Å². The lowest BCUT2D eigenvalue weighted by Crippen LogP contribution is -2.52. The Balaban J connectivity index is 2.15. The van der Waals surface area contributed by atoms with Gasteiger partial charge in [-0.25, -0.2) is 0 Å². The zero-order valence-electron chi connectivity index (χ0n) is 11.3. The van der Waals surface area contributed by atoms with Gasteiger partial charge in [0.2, 0.25) is 5.91 Å². The molecule has 0 radical (unpaired) electrons. The first kappa shape index (κ1) is 14.2. The average Bonchev–Trinajstić information content (AvgIpc) is 2.39. The Hall–Kier alpha value is -1.22. The maximum Gasteiger partial charge on any atom is 0.243 e. The molecule has 2 rings (SSSR count). The van der Waals surface area contributed by atoms with E-state index >= 15 is 0 Å². The van der Waals surface area contributed by atoms with Gasteiger partial charge in [-0.3, -0.25) is 4.79 Å². The van der Waals surface area contributed by atoms with Crippen molar-refractivity contribution in [1.82, 2.24) is 0 Å². The molecule has 0 unspecified atom stereocenters. The maximum absolute atomic E-state index is 11.9. The first-order valence-electron chi connectivity index (χ1n) is 6.89. The number of halogens is 1. The molecule has 1 aromatic carbocycles. The highest BCUT2D eigenvalue weighted by atomic mass is 35.5. The van der Waals surface area contributed by atoms with Crippen molar-refractivity contribution < 1.29 is 4.79 Å². The highest BCUT2D eigenvalue weighted by Crippen LogP contribution is 2.36. The molecule has 0 spiro atoms. The van der Waals surface area contributed by atoms with Crippen molar-refractivity contribution >= 4 is 23.2 Å². The molecule has 1 aromatic rings.